The Morgan fingerprint density at radius 2 is 1.44 bits per heavy atom. The van der Waals surface area contributed by atoms with Crippen LogP contribution in [0.4, 0.5) is 0 Å². The summed E-state index contributed by atoms with van der Waals surface area (Å²) in [6.45, 7) is 12.9. The largest absolute Gasteiger partial charge is 0.465 e. The summed E-state index contributed by atoms with van der Waals surface area (Å²) in [5.41, 5.74) is 2.39. The molecule has 0 atom stereocenters. The first-order valence-corrected chi connectivity index (χ1v) is 12.6. The highest BCUT2D eigenvalue weighted by molar-refractivity contribution is 7.24. The maximum Gasteiger partial charge on any atom is 0.343 e. The molecule has 0 spiro atoms. The number of rotatable bonds is 3. The summed E-state index contributed by atoms with van der Waals surface area (Å²) >= 11 is 1.58. The lowest BCUT2D eigenvalue weighted by atomic mass is 9.80. The zero-order valence-corrected chi connectivity index (χ0v) is 22.5. The smallest absolute Gasteiger partial charge is 0.343 e. The molecule has 0 unspecified atom stereocenters. The fraction of sp³-hybridized carbons (Fsp3) is 0.300. The van der Waals surface area contributed by atoms with Crippen molar-refractivity contribution >= 4 is 43.4 Å². The highest BCUT2D eigenvalue weighted by Gasteiger charge is 2.24. The van der Waals surface area contributed by atoms with Gasteiger partial charge >= 0.3 is 11.9 Å². The third-order valence-electron chi connectivity index (χ3n) is 6.15. The molecular weight excluding hydrogens is 472 g/mol. The van der Waals surface area contributed by atoms with Crippen molar-refractivity contribution in [1.82, 2.24) is 0 Å². The van der Waals surface area contributed by atoms with Crippen LogP contribution in [0.15, 0.2) is 59.4 Å². The quantitative estimate of drug-likeness (QED) is 0.171. The molecule has 0 saturated heterocycles. The van der Waals surface area contributed by atoms with Gasteiger partial charge in [-0.2, -0.15) is 0 Å². The van der Waals surface area contributed by atoms with Gasteiger partial charge in [0.05, 0.1) is 18.2 Å². The Kier molecular flexibility index (Phi) is 6.52. The lowest BCUT2D eigenvalue weighted by Gasteiger charge is -2.26. The molecule has 0 radical (unpaired) electrons. The lowest BCUT2D eigenvalue weighted by molar-refractivity contribution is 0.0600. The van der Waals surface area contributed by atoms with E-state index in [4.69, 9.17) is 9.47 Å². The molecule has 36 heavy (non-hydrogen) atoms. The number of hydrogen-bond acceptors (Lipinski definition) is 6. The topological polar surface area (TPSA) is 69.7 Å². The third kappa shape index (κ3) is 4.91. The molecular formula is C30H30O5S. The van der Waals surface area contributed by atoms with Crippen molar-refractivity contribution in [3.8, 4) is 5.75 Å². The second-order valence-corrected chi connectivity index (χ2v) is 12.0. The van der Waals surface area contributed by atoms with Crippen molar-refractivity contribution in [3.05, 3.63) is 87.1 Å². The van der Waals surface area contributed by atoms with Gasteiger partial charge in [-0.15, -0.1) is 11.3 Å². The van der Waals surface area contributed by atoms with E-state index < -0.39 is 11.9 Å². The number of fused-ring (bicyclic) bond motifs is 2. The van der Waals surface area contributed by atoms with E-state index in [-0.39, 0.29) is 33.1 Å². The fourth-order valence-corrected chi connectivity index (χ4v) is 5.40. The molecule has 0 N–H and O–H groups in total. The minimum absolute atomic E-state index is 0.0825. The molecule has 3 aromatic carbocycles. The maximum absolute atomic E-state index is 13.7. The van der Waals surface area contributed by atoms with Crippen LogP contribution in [0.25, 0.3) is 20.2 Å². The van der Waals surface area contributed by atoms with E-state index in [1.165, 1.54) is 13.2 Å². The summed E-state index contributed by atoms with van der Waals surface area (Å²) in [7, 11) is 1.28. The highest BCUT2D eigenvalue weighted by Crippen LogP contribution is 2.38. The molecule has 0 fully saturated rings. The van der Waals surface area contributed by atoms with Gasteiger partial charge in [-0.1, -0.05) is 53.7 Å². The number of ether oxygens (including phenoxy) is 2. The predicted octanol–water partition coefficient (Wildman–Crippen LogP) is 7.02. The van der Waals surface area contributed by atoms with Crippen LogP contribution in [-0.4, -0.2) is 19.0 Å². The molecule has 0 aliphatic carbocycles. The zero-order valence-electron chi connectivity index (χ0n) is 21.6. The summed E-state index contributed by atoms with van der Waals surface area (Å²) in [5.74, 6) is -0.895. The Morgan fingerprint density at radius 3 is 2.06 bits per heavy atom. The summed E-state index contributed by atoms with van der Waals surface area (Å²) in [6.07, 6.45) is 0. The van der Waals surface area contributed by atoms with E-state index in [1.54, 1.807) is 41.7 Å². The van der Waals surface area contributed by atoms with Crippen molar-refractivity contribution in [3.63, 3.8) is 0 Å². The molecule has 0 bridgehead atoms. The normalized spacial score (nSPS) is 12.1. The second kappa shape index (κ2) is 9.17. The first kappa shape index (κ1) is 25.6. The lowest BCUT2D eigenvalue weighted by Crippen LogP contribution is -2.18. The summed E-state index contributed by atoms with van der Waals surface area (Å²) in [6, 6.07) is 15.5. The fourth-order valence-electron chi connectivity index (χ4n) is 4.05. The molecule has 5 nitrogen and oxygen atoms in total. The summed E-state index contributed by atoms with van der Waals surface area (Å²) in [5, 5.41) is 1.19. The molecule has 4 rings (SSSR count). The van der Waals surface area contributed by atoms with E-state index in [0.29, 0.717) is 10.8 Å². The highest BCUT2D eigenvalue weighted by atomic mass is 32.1. The van der Waals surface area contributed by atoms with Crippen molar-refractivity contribution in [2.24, 2.45) is 0 Å². The molecule has 1 aromatic heterocycles. The Balaban J connectivity index is 1.82. The predicted molar refractivity (Wildman–Crippen MR) is 146 cm³/mol. The number of carbonyl (C=O) groups is 2. The Hall–Kier alpha value is -3.51. The van der Waals surface area contributed by atoms with E-state index >= 15 is 0 Å². The van der Waals surface area contributed by atoms with Crippen molar-refractivity contribution in [1.29, 1.82) is 0 Å². The van der Waals surface area contributed by atoms with E-state index in [2.05, 4.69) is 47.6 Å². The number of esters is 2. The van der Waals surface area contributed by atoms with Crippen LogP contribution < -0.4 is 10.2 Å². The molecule has 1 heterocycles. The minimum atomic E-state index is -0.623. The third-order valence-corrected chi connectivity index (χ3v) is 7.37. The van der Waals surface area contributed by atoms with Gasteiger partial charge in [-0.3, -0.25) is 4.79 Å². The van der Waals surface area contributed by atoms with Crippen molar-refractivity contribution in [2.75, 3.05) is 7.11 Å². The molecule has 0 amide bonds. The van der Waals surface area contributed by atoms with Gasteiger partial charge in [-0.05, 0) is 64.4 Å². The molecule has 0 aliphatic rings. The summed E-state index contributed by atoms with van der Waals surface area (Å²) < 4.78 is 12.1. The van der Waals surface area contributed by atoms with E-state index in [9.17, 15) is 14.4 Å². The number of benzene rings is 3. The van der Waals surface area contributed by atoms with Gasteiger partial charge < -0.3 is 9.47 Å². The maximum atomic E-state index is 13.7. The monoisotopic (exact) mass is 502 g/mol. The average molecular weight is 503 g/mol. The van der Waals surface area contributed by atoms with Crippen LogP contribution in [0.5, 0.6) is 5.75 Å². The Labute approximate surface area is 214 Å². The Bertz CT molecular complexity index is 1570. The van der Waals surface area contributed by atoms with Gasteiger partial charge in [0.15, 0.2) is 5.43 Å². The van der Waals surface area contributed by atoms with Gasteiger partial charge in [0.2, 0.25) is 0 Å². The Morgan fingerprint density at radius 1 is 0.778 bits per heavy atom. The van der Waals surface area contributed by atoms with Crippen LogP contribution >= 0.6 is 11.3 Å². The first-order chi connectivity index (χ1) is 16.8. The molecule has 0 saturated carbocycles. The molecule has 0 aliphatic heterocycles. The van der Waals surface area contributed by atoms with Gasteiger partial charge in [0, 0.05) is 20.2 Å². The zero-order chi connectivity index (χ0) is 26.4. The van der Waals surface area contributed by atoms with Crippen LogP contribution in [0, 0.1) is 0 Å². The molecule has 186 valence electrons. The SMILES string of the molecule is COC(=O)c1cccc(C(=O)Oc2ccc3sc4c(C(C)(C)C)cc(C(C)(C)C)cc4c(=O)c3c2)c1. The molecule has 4 aromatic rings. The van der Waals surface area contributed by atoms with E-state index in [0.717, 1.165) is 20.5 Å². The van der Waals surface area contributed by atoms with Gasteiger partial charge in [0.25, 0.3) is 0 Å². The van der Waals surface area contributed by atoms with E-state index in [1.807, 2.05) is 12.1 Å². The number of hydrogen-bond donors (Lipinski definition) is 0. The van der Waals surface area contributed by atoms with Crippen LogP contribution in [0.3, 0.4) is 0 Å². The van der Waals surface area contributed by atoms with Crippen molar-refractivity contribution < 1.29 is 19.1 Å². The minimum Gasteiger partial charge on any atom is -0.465 e. The average Bonchev–Trinajstić information content (AvgIpc) is 2.82. The first-order valence-electron chi connectivity index (χ1n) is 11.8. The van der Waals surface area contributed by atoms with Crippen LogP contribution in [0.2, 0.25) is 0 Å². The van der Waals surface area contributed by atoms with Gasteiger partial charge in [0.1, 0.15) is 5.75 Å². The van der Waals surface area contributed by atoms with Crippen LogP contribution in [-0.2, 0) is 15.6 Å². The standard InChI is InChI=1S/C30H30O5S/c1-29(2,3)19-14-22-25(31)21-16-20(11-12-24(21)36-26(22)23(15-19)30(4,5)6)35-28(33)18-10-8-9-17(13-18)27(32)34-7/h8-16H,1-7H3. The van der Waals surface area contributed by atoms with Crippen LogP contribution in [0.1, 0.15) is 73.4 Å². The summed E-state index contributed by atoms with van der Waals surface area (Å²) in [4.78, 5) is 38.3. The molecule has 6 heteroatoms. The number of carbonyl (C=O) groups excluding carboxylic acids is 2. The van der Waals surface area contributed by atoms with Gasteiger partial charge in [-0.25, -0.2) is 9.59 Å². The number of methoxy groups -OCH3 is 1. The van der Waals surface area contributed by atoms with Crippen molar-refractivity contribution in [2.45, 2.75) is 52.4 Å². The second-order valence-electron chi connectivity index (χ2n) is 11.0.